The van der Waals surface area contributed by atoms with Crippen molar-refractivity contribution in [1.29, 1.82) is 0 Å². The smallest absolute Gasteiger partial charge is 0.0120 e. The van der Waals surface area contributed by atoms with Crippen LogP contribution in [0.3, 0.4) is 0 Å². The molecule has 3 saturated heterocycles. The van der Waals surface area contributed by atoms with Crippen molar-refractivity contribution >= 4 is 0 Å². The summed E-state index contributed by atoms with van der Waals surface area (Å²) in [5.74, 6) is 0. The van der Waals surface area contributed by atoms with E-state index in [0.717, 1.165) is 12.1 Å². The molecule has 3 heterocycles. The van der Waals surface area contributed by atoms with Crippen LogP contribution in [-0.4, -0.2) is 86.2 Å². The van der Waals surface area contributed by atoms with E-state index in [2.05, 4.69) is 27.1 Å². The molecule has 0 aromatic carbocycles. The predicted molar refractivity (Wildman–Crippen MR) is 79.6 cm³/mol. The molecule has 3 rings (SSSR count). The topological polar surface area (TPSA) is 21.8 Å². The fourth-order valence-corrected chi connectivity index (χ4v) is 4.02. The standard InChI is InChI=1S/C15H30N4/c1-17(11-12-18-9-5-16-6-10-18)14-4-8-19-7-2-3-15(19)13-14/h14-16H,2-13H2,1H3. The lowest BCUT2D eigenvalue weighted by Crippen LogP contribution is -2.50. The minimum absolute atomic E-state index is 0.835. The number of piperidine rings is 1. The van der Waals surface area contributed by atoms with Crippen LogP contribution in [0.5, 0.6) is 0 Å². The Balaban J connectivity index is 1.41. The number of hydrogen-bond donors (Lipinski definition) is 1. The van der Waals surface area contributed by atoms with Gasteiger partial charge in [-0.2, -0.15) is 0 Å². The highest BCUT2D eigenvalue weighted by molar-refractivity contribution is 4.89. The van der Waals surface area contributed by atoms with Crippen molar-refractivity contribution in [3.63, 3.8) is 0 Å². The first-order valence-electron chi connectivity index (χ1n) is 8.20. The molecule has 0 radical (unpaired) electrons. The Morgan fingerprint density at radius 2 is 1.95 bits per heavy atom. The highest BCUT2D eigenvalue weighted by atomic mass is 15.2. The zero-order valence-corrected chi connectivity index (χ0v) is 12.5. The molecule has 0 aromatic heterocycles. The first-order valence-corrected chi connectivity index (χ1v) is 8.20. The van der Waals surface area contributed by atoms with Gasteiger partial charge in [0.05, 0.1) is 0 Å². The third-order valence-electron chi connectivity index (χ3n) is 5.39. The van der Waals surface area contributed by atoms with Crippen LogP contribution in [0.4, 0.5) is 0 Å². The number of fused-ring (bicyclic) bond motifs is 1. The van der Waals surface area contributed by atoms with Gasteiger partial charge in [0.25, 0.3) is 0 Å². The van der Waals surface area contributed by atoms with Crippen LogP contribution < -0.4 is 5.32 Å². The Hall–Kier alpha value is -0.160. The van der Waals surface area contributed by atoms with Crippen molar-refractivity contribution in [2.24, 2.45) is 0 Å². The maximum absolute atomic E-state index is 3.43. The number of rotatable bonds is 4. The van der Waals surface area contributed by atoms with Gasteiger partial charge in [0.15, 0.2) is 0 Å². The molecule has 0 saturated carbocycles. The SMILES string of the molecule is CN(CCN1CCNCC1)C1CCN2CCCC2C1. The molecule has 3 fully saturated rings. The minimum atomic E-state index is 0.835. The van der Waals surface area contributed by atoms with E-state index in [-0.39, 0.29) is 0 Å². The van der Waals surface area contributed by atoms with Crippen molar-refractivity contribution < 1.29 is 0 Å². The van der Waals surface area contributed by atoms with Gasteiger partial charge < -0.3 is 15.1 Å². The molecule has 0 aliphatic carbocycles. The van der Waals surface area contributed by atoms with Crippen LogP contribution >= 0.6 is 0 Å². The van der Waals surface area contributed by atoms with E-state index in [9.17, 15) is 0 Å². The van der Waals surface area contributed by atoms with E-state index in [0.29, 0.717) is 0 Å². The van der Waals surface area contributed by atoms with E-state index < -0.39 is 0 Å². The summed E-state index contributed by atoms with van der Waals surface area (Å²) in [5, 5.41) is 3.43. The van der Waals surface area contributed by atoms with Crippen molar-refractivity contribution in [3.05, 3.63) is 0 Å². The second kappa shape index (κ2) is 6.53. The fraction of sp³-hybridized carbons (Fsp3) is 1.00. The molecule has 0 spiro atoms. The number of hydrogen-bond acceptors (Lipinski definition) is 4. The summed E-state index contributed by atoms with van der Waals surface area (Å²) in [7, 11) is 2.34. The monoisotopic (exact) mass is 266 g/mol. The molecule has 3 aliphatic rings. The summed E-state index contributed by atoms with van der Waals surface area (Å²) in [6.45, 7) is 10.0. The van der Waals surface area contributed by atoms with E-state index >= 15 is 0 Å². The quantitative estimate of drug-likeness (QED) is 0.797. The molecule has 1 N–H and O–H groups in total. The number of nitrogens with one attached hydrogen (secondary N) is 1. The van der Waals surface area contributed by atoms with E-state index in [1.165, 1.54) is 78.0 Å². The summed E-state index contributed by atoms with van der Waals surface area (Å²) in [4.78, 5) is 7.97. The Labute approximate surface area is 118 Å². The lowest BCUT2D eigenvalue weighted by molar-refractivity contribution is 0.0941. The van der Waals surface area contributed by atoms with Gasteiger partial charge in [-0.3, -0.25) is 4.90 Å². The minimum Gasteiger partial charge on any atom is -0.314 e. The summed E-state index contributed by atoms with van der Waals surface area (Å²) >= 11 is 0. The van der Waals surface area contributed by atoms with Gasteiger partial charge in [-0.15, -0.1) is 0 Å². The molecule has 0 amide bonds. The van der Waals surface area contributed by atoms with E-state index in [4.69, 9.17) is 0 Å². The normalized spacial score (nSPS) is 33.8. The molecule has 3 aliphatic heterocycles. The first-order chi connectivity index (χ1) is 9.33. The van der Waals surface area contributed by atoms with Gasteiger partial charge in [0.1, 0.15) is 0 Å². The van der Waals surface area contributed by atoms with Crippen molar-refractivity contribution in [3.8, 4) is 0 Å². The van der Waals surface area contributed by atoms with Gasteiger partial charge in [-0.25, -0.2) is 0 Å². The Morgan fingerprint density at radius 3 is 2.79 bits per heavy atom. The number of likely N-dealkylation sites (N-methyl/N-ethyl adjacent to an activating group) is 1. The molecule has 4 heteroatoms. The summed E-state index contributed by atoms with van der Waals surface area (Å²) in [6, 6.07) is 1.74. The Bertz CT molecular complexity index is 277. The molecule has 2 atom stereocenters. The van der Waals surface area contributed by atoms with Gasteiger partial charge in [0.2, 0.25) is 0 Å². The second-order valence-electron chi connectivity index (χ2n) is 6.58. The molecule has 0 bridgehead atoms. The third kappa shape index (κ3) is 3.48. The van der Waals surface area contributed by atoms with Crippen LogP contribution in [0.1, 0.15) is 25.7 Å². The van der Waals surface area contributed by atoms with Crippen molar-refractivity contribution in [2.75, 3.05) is 59.4 Å². The van der Waals surface area contributed by atoms with Crippen LogP contribution in [0.25, 0.3) is 0 Å². The van der Waals surface area contributed by atoms with Crippen molar-refractivity contribution in [2.45, 2.75) is 37.8 Å². The van der Waals surface area contributed by atoms with E-state index in [1.807, 2.05) is 0 Å². The van der Waals surface area contributed by atoms with Gasteiger partial charge in [-0.05, 0) is 45.8 Å². The summed E-state index contributed by atoms with van der Waals surface area (Å²) in [6.07, 6.45) is 5.68. The zero-order valence-electron chi connectivity index (χ0n) is 12.5. The Kier molecular flexibility index (Phi) is 4.74. The molecule has 2 unspecified atom stereocenters. The maximum Gasteiger partial charge on any atom is 0.0120 e. The van der Waals surface area contributed by atoms with Crippen LogP contribution in [0, 0.1) is 0 Å². The van der Waals surface area contributed by atoms with Crippen LogP contribution in [0.15, 0.2) is 0 Å². The number of piperazine rings is 1. The average Bonchev–Trinajstić information content (AvgIpc) is 2.93. The van der Waals surface area contributed by atoms with E-state index in [1.54, 1.807) is 0 Å². The average molecular weight is 266 g/mol. The molecule has 0 aromatic rings. The fourth-order valence-electron chi connectivity index (χ4n) is 4.02. The van der Waals surface area contributed by atoms with Crippen LogP contribution in [0.2, 0.25) is 0 Å². The van der Waals surface area contributed by atoms with Gasteiger partial charge >= 0.3 is 0 Å². The molecule has 110 valence electrons. The van der Waals surface area contributed by atoms with Crippen LogP contribution in [-0.2, 0) is 0 Å². The van der Waals surface area contributed by atoms with Crippen molar-refractivity contribution in [1.82, 2.24) is 20.0 Å². The molecule has 19 heavy (non-hydrogen) atoms. The first kappa shape index (κ1) is 13.8. The van der Waals surface area contributed by atoms with Gasteiger partial charge in [0, 0.05) is 51.4 Å². The molecular weight excluding hydrogens is 236 g/mol. The zero-order chi connectivity index (χ0) is 13.1. The maximum atomic E-state index is 3.43. The highest BCUT2D eigenvalue weighted by Gasteiger charge is 2.33. The third-order valence-corrected chi connectivity index (χ3v) is 5.39. The predicted octanol–water partition coefficient (Wildman–Crippen LogP) is 0.450. The molecular formula is C15H30N4. The lowest BCUT2D eigenvalue weighted by Gasteiger charge is -2.40. The summed E-state index contributed by atoms with van der Waals surface area (Å²) < 4.78 is 0. The second-order valence-corrected chi connectivity index (χ2v) is 6.58. The number of nitrogens with zero attached hydrogens (tertiary/aromatic N) is 3. The molecule has 4 nitrogen and oxygen atoms in total. The lowest BCUT2D eigenvalue weighted by atomic mass is 9.96. The largest absolute Gasteiger partial charge is 0.314 e. The van der Waals surface area contributed by atoms with Gasteiger partial charge in [-0.1, -0.05) is 0 Å². The summed E-state index contributed by atoms with van der Waals surface area (Å²) in [5.41, 5.74) is 0. The highest BCUT2D eigenvalue weighted by Crippen LogP contribution is 2.28. The Morgan fingerprint density at radius 1 is 1.11 bits per heavy atom.